The summed E-state index contributed by atoms with van der Waals surface area (Å²) < 4.78 is 2.19. The summed E-state index contributed by atoms with van der Waals surface area (Å²) in [6.45, 7) is 5.40. The van der Waals surface area contributed by atoms with Gasteiger partial charge in [0.05, 0.1) is 6.54 Å². The zero-order valence-corrected chi connectivity index (χ0v) is 17.1. The smallest absolute Gasteiger partial charge is 0.313 e. The van der Waals surface area contributed by atoms with Gasteiger partial charge in [0, 0.05) is 24.3 Å². The Balaban J connectivity index is 1.66. The quantitative estimate of drug-likeness (QED) is 0.693. The van der Waals surface area contributed by atoms with E-state index in [0.717, 1.165) is 60.0 Å². The van der Waals surface area contributed by atoms with Crippen LogP contribution in [0.1, 0.15) is 42.0 Å². The molecular formula is C23H27N5O. The number of hydrogen-bond acceptors (Lipinski definition) is 3. The summed E-state index contributed by atoms with van der Waals surface area (Å²) in [4.78, 5) is 15.0. The van der Waals surface area contributed by atoms with Gasteiger partial charge in [0.15, 0.2) is 5.82 Å². The fraction of sp³-hybridized carbons (Fsp3) is 0.348. The third kappa shape index (κ3) is 4.47. The van der Waals surface area contributed by atoms with Crippen molar-refractivity contribution < 1.29 is 4.79 Å². The van der Waals surface area contributed by atoms with Crippen LogP contribution in [0.2, 0.25) is 0 Å². The SMILES string of the molecule is Cc1cc(C)cc(N(Cc2nnc3n2CCCCC3)C(=O)Nc2ccccc2)c1. The molecule has 2 aromatic carbocycles. The number of rotatable bonds is 4. The van der Waals surface area contributed by atoms with Crippen molar-refractivity contribution in [1.29, 1.82) is 0 Å². The largest absolute Gasteiger partial charge is 0.326 e. The van der Waals surface area contributed by atoms with Gasteiger partial charge in [-0.15, -0.1) is 10.2 Å². The monoisotopic (exact) mass is 389 g/mol. The van der Waals surface area contributed by atoms with E-state index in [4.69, 9.17) is 0 Å². The van der Waals surface area contributed by atoms with Crippen LogP contribution in [-0.2, 0) is 19.5 Å². The van der Waals surface area contributed by atoms with E-state index in [2.05, 4.69) is 26.1 Å². The molecule has 6 heteroatoms. The Kier molecular flexibility index (Phi) is 5.60. The van der Waals surface area contributed by atoms with Crippen LogP contribution >= 0.6 is 0 Å². The Hall–Kier alpha value is -3.15. The lowest BCUT2D eigenvalue weighted by Gasteiger charge is -2.24. The summed E-state index contributed by atoms with van der Waals surface area (Å²) in [5.41, 5.74) is 3.88. The molecule has 6 nitrogen and oxygen atoms in total. The molecule has 0 saturated heterocycles. The minimum atomic E-state index is -0.174. The van der Waals surface area contributed by atoms with Crippen LogP contribution in [-0.4, -0.2) is 20.8 Å². The highest BCUT2D eigenvalue weighted by atomic mass is 16.2. The van der Waals surface area contributed by atoms with Gasteiger partial charge in [-0.3, -0.25) is 4.90 Å². The van der Waals surface area contributed by atoms with Crippen molar-refractivity contribution in [2.45, 2.75) is 52.6 Å². The van der Waals surface area contributed by atoms with Crippen LogP contribution in [0.5, 0.6) is 0 Å². The molecule has 1 N–H and O–H groups in total. The van der Waals surface area contributed by atoms with Crippen LogP contribution in [0.15, 0.2) is 48.5 Å². The minimum absolute atomic E-state index is 0.174. The molecule has 0 radical (unpaired) electrons. The Morgan fingerprint density at radius 2 is 1.79 bits per heavy atom. The maximum Gasteiger partial charge on any atom is 0.326 e. The summed E-state index contributed by atoms with van der Waals surface area (Å²) >= 11 is 0. The molecular weight excluding hydrogens is 362 g/mol. The van der Waals surface area contributed by atoms with E-state index in [1.807, 2.05) is 56.3 Å². The highest BCUT2D eigenvalue weighted by Gasteiger charge is 2.22. The van der Waals surface area contributed by atoms with Crippen LogP contribution in [0.25, 0.3) is 0 Å². The molecule has 1 aliphatic heterocycles. The number of hydrogen-bond donors (Lipinski definition) is 1. The zero-order valence-electron chi connectivity index (χ0n) is 17.1. The highest BCUT2D eigenvalue weighted by molar-refractivity contribution is 6.01. The first-order chi connectivity index (χ1) is 14.1. The lowest BCUT2D eigenvalue weighted by atomic mass is 10.1. The number of benzene rings is 2. The van der Waals surface area contributed by atoms with E-state index in [9.17, 15) is 4.79 Å². The fourth-order valence-electron chi connectivity index (χ4n) is 3.90. The van der Waals surface area contributed by atoms with E-state index in [1.54, 1.807) is 4.90 Å². The molecule has 0 fully saturated rings. The first kappa shape index (κ1) is 19.2. The maximum atomic E-state index is 13.3. The predicted molar refractivity (Wildman–Crippen MR) is 115 cm³/mol. The number of urea groups is 1. The van der Waals surface area contributed by atoms with E-state index in [0.29, 0.717) is 6.54 Å². The number of nitrogens with zero attached hydrogens (tertiary/aromatic N) is 4. The van der Waals surface area contributed by atoms with Crippen molar-refractivity contribution >= 4 is 17.4 Å². The number of nitrogens with one attached hydrogen (secondary N) is 1. The van der Waals surface area contributed by atoms with Gasteiger partial charge in [-0.1, -0.05) is 30.7 Å². The lowest BCUT2D eigenvalue weighted by molar-refractivity contribution is 0.256. The molecule has 1 aliphatic rings. The molecule has 29 heavy (non-hydrogen) atoms. The summed E-state index contributed by atoms with van der Waals surface area (Å²) in [6, 6.07) is 15.6. The van der Waals surface area contributed by atoms with Gasteiger partial charge in [-0.25, -0.2) is 4.79 Å². The van der Waals surface area contributed by atoms with Crippen molar-refractivity contribution in [1.82, 2.24) is 14.8 Å². The average molecular weight is 390 g/mol. The Morgan fingerprint density at radius 3 is 2.55 bits per heavy atom. The number of aryl methyl sites for hydroxylation is 3. The zero-order chi connectivity index (χ0) is 20.2. The molecule has 0 aliphatic carbocycles. The summed E-state index contributed by atoms with van der Waals surface area (Å²) in [5.74, 6) is 1.87. The van der Waals surface area contributed by atoms with Crippen LogP contribution in [0.4, 0.5) is 16.2 Å². The van der Waals surface area contributed by atoms with Crippen LogP contribution in [0, 0.1) is 13.8 Å². The Labute approximate surface area is 171 Å². The molecule has 0 spiro atoms. The second-order valence-electron chi connectivity index (χ2n) is 7.72. The predicted octanol–water partition coefficient (Wildman–Crippen LogP) is 4.86. The molecule has 0 bridgehead atoms. The third-order valence-corrected chi connectivity index (χ3v) is 5.27. The van der Waals surface area contributed by atoms with Crippen LogP contribution in [0.3, 0.4) is 0 Å². The second kappa shape index (κ2) is 8.47. The third-order valence-electron chi connectivity index (χ3n) is 5.27. The minimum Gasteiger partial charge on any atom is -0.313 e. The summed E-state index contributed by atoms with van der Waals surface area (Å²) in [7, 11) is 0. The molecule has 2 heterocycles. The first-order valence-electron chi connectivity index (χ1n) is 10.2. The van der Waals surface area contributed by atoms with E-state index in [1.165, 1.54) is 6.42 Å². The number of fused-ring (bicyclic) bond motifs is 1. The molecule has 3 aromatic rings. The van der Waals surface area contributed by atoms with Gasteiger partial charge < -0.3 is 9.88 Å². The molecule has 2 amide bonds. The van der Waals surface area contributed by atoms with Gasteiger partial charge in [-0.05, 0) is 62.1 Å². The highest BCUT2D eigenvalue weighted by Crippen LogP contribution is 2.23. The number of amides is 2. The average Bonchev–Trinajstić information content (AvgIpc) is 2.91. The molecule has 0 atom stereocenters. The molecule has 150 valence electrons. The van der Waals surface area contributed by atoms with Crippen molar-refractivity contribution in [2.24, 2.45) is 0 Å². The lowest BCUT2D eigenvalue weighted by Crippen LogP contribution is -2.35. The number of carbonyl (C=O) groups excluding carboxylic acids is 1. The number of carbonyl (C=O) groups is 1. The summed E-state index contributed by atoms with van der Waals surface area (Å²) in [6.07, 6.45) is 4.43. The second-order valence-corrected chi connectivity index (χ2v) is 7.72. The van der Waals surface area contributed by atoms with Gasteiger partial charge in [0.1, 0.15) is 5.82 Å². The van der Waals surface area contributed by atoms with E-state index in [-0.39, 0.29) is 6.03 Å². The van der Waals surface area contributed by atoms with Crippen molar-refractivity contribution in [3.05, 3.63) is 71.3 Å². The molecule has 1 aromatic heterocycles. The molecule has 4 rings (SSSR count). The number of aromatic nitrogens is 3. The first-order valence-corrected chi connectivity index (χ1v) is 10.2. The molecule has 0 saturated carbocycles. The number of anilines is 2. The van der Waals surface area contributed by atoms with E-state index < -0.39 is 0 Å². The van der Waals surface area contributed by atoms with Crippen molar-refractivity contribution in [3.8, 4) is 0 Å². The van der Waals surface area contributed by atoms with Crippen LogP contribution < -0.4 is 10.2 Å². The van der Waals surface area contributed by atoms with Gasteiger partial charge in [-0.2, -0.15) is 0 Å². The fourth-order valence-corrected chi connectivity index (χ4v) is 3.90. The standard InChI is InChI=1S/C23H27N5O/c1-17-13-18(2)15-20(14-17)28(23(29)24-19-9-5-3-6-10-19)16-22-26-25-21-11-7-4-8-12-27(21)22/h3,5-6,9-10,13-15H,4,7-8,11-12,16H2,1-2H3,(H,24,29). The van der Waals surface area contributed by atoms with Gasteiger partial charge in [0.25, 0.3) is 0 Å². The topological polar surface area (TPSA) is 63.1 Å². The van der Waals surface area contributed by atoms with Crippen molar-refractivity contribution in [3.63, 3.8) is 0 Å². The van der Waals surface area contributed by atoms with Gasteiger partial charge in [0.2, 0.25) is 0 Å². The van der Waals surface area contributed by atoms with Crippen molar-refractivity contribution in [2.75, 3.05) is 10.2 Å². The van der Waals surface area contributed by atoms with Gasteiger partial charge >= 0.3 is 6.03 Å². The maximum absolute atomic E-state index is 13.3. The Morgan fingerprint density at radius 1 is 1.03 bits per heavy atom. The van der Waals surface area contributed by atoms with E-state index >= 15 is 0 Å². The molecule has 0 unspecified atom stereocenters. The Bertz CT molecular complexity index is 976. The normalized spacial score (nSPS) is 13.4. The number of para-hydroxylation sites is 1. The summed E-state index contributed by atoms with van der Waals surface area (Å²) in [5, 5.41) is 11.8.